The smallest absolute Gasteiger partial charge is 0.225 e. The zero-order valence-corrected chi connectivity index (χ0v) is 19.9. The Kier molecular flexibility index (Phi) is 6.98. The summed E-state index contributed by atoms with van der Waals surface area (Å²) in [4.78, 5) is 39.3. The minimum Gasteiger partial charge on any atom is -0.373 e. The molecule has 8 nitrogen and oxygen atoms in total. The molecule has 1 aromatic rings. The first-order chi connectivity index (χ1) is 15.4. The van der Waals surface area contributed by atoms with Crippen molar-refractivity contribution in [2.75, 3.05) is 39.0 Å². The van der Waals surface area contributed by atoms with Crippen molar-refractivity contribution in [1.29, 1.82) is 0 Å². The standard InChI is InChI=1S/C24H38N6O2/c1-17(31)28-24(10-5-4-6-11-24)14-21(32)30-13-9-20-19(16-30)23(25-2)27-22(26-20)18-8-7-12-29(3)15-18/h18H,4-16H2,1-3H3,(H,28,31)(H,25,26,27)/t18-/m1/s1. The lowest BCUT2D eigenvalue weighted by atomic mass is 9.78. The predicted molar refractivity (Wildman–Crippen MR) is 124 cm³/mol. The van der Waals surface area contributed by atoms with Crippen LogP contribution in [-0.4, -0.2) is 70.9 Å². The van der Waals surface area contributed by atoms with Gasteiger partial charge in [0.15, 0.2) is 0 Å². The van der Waals surface area contributed by atoms with Gasteiger partial charge in [-0.1, -0.05) is 19.3 Å². The van der Waals surface area contributed by atoms with E-state index < -0.39 is 0 Å². The van der Waals surface area contributed by atoms with E-state index in [9.17, 15) is 9.59 Å². The van der Waals surface area contributed by atoms with Crippen LogP contribution in [0.3, 0.4) is 0 Å². The fraction of sp³-hybridized carbons (Fsp3) is 0.750. The molecule has 0 bridgehead atoms. The molecule has 2 aliphatic heterocycles. The number of carbonyl (C=O) groups excluding carboxylic acids is 2. The summed E-state index contributed by atoms with van der Waals surface area (Å²) in [6.07, 6.45) is 8.50. The first kappa shape index (κ1) is 23.0. The molecule has 2 N–H and O–H groups in total. The molecule has 0 aromatic carbocycles. The third kappa shape index (κ3) is 5.05. The highest BCUT2D eigenvalue weighted by Crippen LogP contribution is 2.34. The minimum atomic E-state index is -0.388. The lowest BCUT2D eigenvalue weighted by Crippen LogP contribution is -2.52. The van der Waals surface area contributed by atoms with Crippen molar-refractivity contribution in [2.24, 2.45) is 0 Å². The molecule has 1 aromatic heterocycles. The SMILES string of the molecule is CNc1nc([C@@H]2CCCN(C)C2)nc2c1CN(C(=O)CC1(NC(C)=O)CCCCC1)CC2. The molecule has 3 aliphatic rings. The number of likely N-dealkylation sites (N-methyl/N-ethyl adjacent to an activating group) is 1. The van der Waals surface area contributed by atoms with Gasteiger partial charge in [0.25, 0.3) is 0 Å². The molecule has 1 atom stereocenters. The van der Waals surface area contributed by atoms with Gasteiger partial charge >= 0.3 is 0 Å². The highest BCUT2D eigenvalue weighted by atomic mass is 16.2. The van der Waals surface area contributed by atoms with Gasteiger partial charge in [-0.3, -0.25) is 9.59 Å². The van der Waals surface area contributed by atoms with Crippen LogP contribution in [0.2, 0.25) is 0 Å². The fourth-order valence-corrected chi connectivity index (χ4v) is 5.76. The van der Waals surface area contributed by atoms with Crippen LogP contribution in [0.5, 0.6) is 0 Å². The summed E-state index contributed by atoms with van der Waals surface area (Å²) in [6, 6.07) is 0. The van der Waals surface area contributed by atoms with E-state index in [0.29, 0.717) is 25.4 Å². The molecular weight excluding hydrogens is 404 g/mol. The number of likely N-dealkylation sites (tertiary alicyclic amines) is 1. The molecule has 2 amide bonds. The monoisotopic (exact) mass is 442 g/mol. The van der Waals surface area contributed by atoms with Crippen LogP contribution < -0.4 is 10.6 Å². The van der Waals surface area contributed by atoms with Crippen LogP contribution in [0.4, 0.5) is 5.82 Å². The van der Waals surface area contributed by atoms with Gasteiger partial charge in [0.1, 0.15) is 11.6 Å². The molecule has 1 aliphatic carbocycles. The van der Waals surface area contributed by atoms with Crippen molar-refractivity contribution in [3.63, 3.8) is 0 Å². The number of rotatable bonds is 5. The molecule has 0 unspecified atom stereocenters. The maximum Gasteiger partial charge on any atom is 0.225 e. The molecule has 0 spiro atoms. The second-order valence-corrected chi connectivity index (χ2v) is 9.97. The molecule has 0 radical (unpaired) electrons. The average molecular weight is 443 g/mol. The van der Waals surface area contributed by atoms with E-state index in [-0.39, 0.29) is 17.4 Å². The Morgan fingerprint density at radius 1 is 1.12 bits per heavy atom. The first-order valence-electron chi connectivity index (χ1n) is 12.2. The average Bonchev–Trinajstić information content (AvgIpc) is 2.78. The van der Waals surface area contributed by atoms with Gasteiger partial charge in [-0.2, -0.15) is 0 Å². The van der Waals surface area contributed by atoms with Crippen molar-refractivity contribution in [3.8, 4) is 0 Å². The van der Waals surface area contributed by atoms with Gasteiger partial charge in [0, 0.05) is 56.9 Å². The van der Waals surface area contributed by atoms with Gasteiger partial charge in [0.05, 0.1) is 12.2 Å². The molecule has 8 heteroatoms. The summed E-state index contributed by atoms with van der Waals surface area (Å²) in [5.74, 6) is 2.23. The van der Waals surface area contributed by atoms with Gasteiger partial charge in [0.2, 0.25) is 11.8 Å². The van der Waals surface area contributed by atoms with Crippen molar-refractivity contribution >= 4 is 17.6 Å². The third-order valence-electron chi connectivity index (χ3n) is 7.40. The number of carbonyl (C=O) groups is 2. The van der Waals surface area contributed by atoms with E-state index >= 15 is 0 Å². The molecule has 1 saturated heterocycles. The van der Waals surface area contributed by atoms with E-state index in [1.54, 1.807) is 6.92 Å². The van der Waals surface area contributed by atoms with E-state index in [0.717, 1.165) is 74.5 Å². The van der Waals surface area contributed by atoms with Crippen LogP contribution in [0, 0.1) is 0 Å². The molecule has 4 rings (SSSR count). The first-order valence-corrected chi connectivity index (χ1v) is 12.2. The zero-order chi connectivity index (χ0) is 22.7. The van der Waals surface area contributed by atoms with Crippen LogP contribution in [0.1, 0.15) is 81.3 Å². The van der Waals surface area contributed by atoms with Crippen LogP contribution >= 0.6 is 0 Å². The normalized spacial score (nSPS) is 23.3. The summed E-state index contributed by atoms with van der Waals surface area (Å²) in [5, 5.41) is 6.39. The van der Waals surface area contributed by atoms with E-state index in [4.69, 9.17) is 9.97 Å². The largest absolute Gasteiger partial charge is 0.373 e. The van der Waals surface area contributed by atoms with Crippen LogP contribution in [-0.2, 0) is 22.6 Å². The predicted octanol–water partition coefficient (Wildman–Crippen LogP) is 2.44. The van der Waals surface area contributed by atoms with E-state index in [2.05, 4.69) is 22.6 Å². The summed E-state index contributed by atoms with van der Waals surface area (Å²) >= 11 is 0. The number of nitrogens with zero attached hydrogens (tertiary/aromatic N) is 4. The van der Waals surface area contributed by atoms with Crippen molar-refractivity contribution in [1.82, 2.24) is 25.1 Å². The summed E-state index contributed by atoms with van der Waals surface area (Å²) in [7, 11) is 4.06. The van der Waals surface area contributed by atoms with E-state index in [1.165, 1.54) is 12.8 Å². The summed E-state index contributed by atoms with van der Waals surface area (Å²) < 4.78 is 0. The Bertz CT molecular complexity index is 834. The quantitative estimate of drug-likeness (QED) is 0.728. The Morgan fingerprint density at radius 3 is 2.59 bits per heavy atom. The lowest BCUT2D eigenvalue weighted by Gasteiger charge is -2.39. The molecule has 32 heavy (non-hydrogen) atoms. The number of aromatic nitrogens is 2. The van der Waals surface area contributed by atoms with Crippen molar-refractivity contribution < 1.29 is 9.59 Å². The number of hydrogen-bond donors (Lipinski definition) is 2. The van der Waals surface area contributed by atoms with Crippen molar-refractivity contribution in [3.05, 3.63) is 17.1 Å². The molecule has 176 valence electrons. The lowest BCUT2D eigenvalue weighted by molar-refractivity contribution is -0.134. The highest BCUT2D eigenvalue weighted by Gasteiger charge is 2.37. The molecule has 1 saturated carbocycles. The number of piperidine rings is 1. The topological polar surface area (TPSA) is 90.5 Å². The second-order valence-electron chi connectivity index (χ2n) is 9.97. The van der Waals surface area contributed by atoms with Gasteiger partial charge in [-0.05, 0) is 39.3 Å². The van der Waals surface area contributed by atoms with Crippen LogP contribution in [0.25, 0.3) is 0 Å². The minimum absolute atomic E-state index is 0.0459. The maximum absolute atomic E-state index is 13.3. The number of nitrogens with one attached hydrogen (secondary N) is 2. The number of hydrogen-bond acceptors (Lipinski definition) is 6. The van der Waals surface area contributed by atoms with Gasteiger partial charge < -0.3 is 20.4 Å². The zero-order valence-electron chi connectivity index (χ0n) is 19.9. The van der Waals surface area contributed by atoms with E-state index in [1.807, 2.05) is 11.9 Å². The van der Waals surface area contributed by atoms with Gasteiger partial charge in [-0.25, -0.2) is 9.97 Å². The Labute approximate surface area is 191 Å². The summed E-state index contributed by atoms with van der Waals surface area (Å²) in [6.45, 7) is 4.89. The fourth-order valence-electron chi connectivity index (χ4n) is 5.76. The Hall–Kier alpha value is -2.22. The Morgan fingerprint density at radius 2 is 1.91 bits per heavy atom. The second kappa shape index (κ2) is 9.73. The number of fused-ring (bicyclic) bond motifs is 1. The maximum atomic E-state index is 13.3. The Balaban J connectivity index is 1.50. The van der Waals surface area contributed by atoms with Gasteiger partial charge in [-0.15, -0.1) is 0 Å². The third-order valence-corrected chi connectivity index (χ3v) is 7.40. The highest BCUT2D eigenvalue weighted by molar-refractivity contribution is 5.80. The molecular formula is C24H38N6O2. The van der Waals surface area contributed by atoms with Crippen molar-refractivity contribution in [2.45, 2.75) is 82.7 Å². The number of anilines is 1. The summed E-state index contributed by atoms with van der Waals surface area (Å²) in [5.41, 5.74) is 1.73. The number of amides is 2. The van der Waals surface area contributed by atoms with Crippen LogP contribution in [0.15, 0.2) is 0 Å². The molecule has 3 heterocycles. The molecule has 2 fully saturated rings.